The molecule has 1 amide bonds. The number of amides is 1. The maximum Gasteiger partial charge on any atom is 0.328 e. The molecule has 0 saturated carbocycles. The fourth-order valence-electron chi connectivity index (χ4n) is 1.58. The molecule has 0 aliphatic carbocycles. The Labute approximate surface area is 109 Å². The largest absolute Gasteiger partial charge is 0.486 e. The molecule has 0 radical (unpaired) electrons. The number of fused-ring (bicyclic) bond motifs is 1. The van der Waals surface area contributed by atoms with Crippen molar-refractivity contribution in [2.45, 2.75) is 6.10 Å². The number of benzene rings is 1. The van der Waals surface area contributed by atoms with Crippen molar-refractivity contribution in [3.63, 3.8) is 0 Å². The van der Waals surface area contributed by atoms with Gasteiger partial charge in [-0.2, -0.15) is 0 Å². The number of carbonyl (C=O) groups is 2. The molecule has 2 rings (SSSR count). The average Bonchev–Trinajstić information content (AvgIpc) is 2.42. The summed E-state index contributed by atoms with van der Waals surface area (Å²) in [6.45, 7) is 0.580. The molecule has 0 saturated heterocycles. The maximum absolute atomic E-state index is 11.3. The molecule has 1 heterocycles. The zero-order chi connectivity index (χ0) is 13.7. The number of para-hydroxylation sites is 2. The van der Waals surface area contributed by atoms with Crippen molar-refractivity contribution >= 4 is 11.9 Å². The van der Waals surface area contributed by atoms with Gasteiger partial charge in [0.2, 0.25) is 5.91 Å². The Hall–Kier alpha value is -2.50. The van der Waals surface area contributed by atoms with Crippen LogP contribution in [0.1, 0.15) is 0 Å². The first-order valence-electron chi connectivity index (χ1n) is 5.72. The fraction of sp³-hybridized carbons (Fsp3) is 0.231. The van der Waals surface area contributed by atoms with Crippen LogP contribution in [-0.4, -0.2) is 36.2 Å². The van der Waals surface area contributed by atoms with Gasteiger partial charge in [0.05, 0.1) is 6.54 Å². The summed E-state index contributed by atoms with van der Waals surface area (Å²) in [6.07, 6.45) is 1.44. The molecule has 0 unspecified atom stereocenters. The molecule has 1 aromatic rings. The highest BCUT2D eigenvalue weighted by Gasteiger charge is 2.20. The van der Waals surface area contributed by atoms with E-state index in [1.165, 1.54) is 0 Å². The molecule has 19 heavy (non-hydrogen) atoms. The van der Waals surface area contributed by atoms with Crippen molar-refractivity contribution in [3.05, 3.63) is 36.4 Å². The first-order valence-corrected chi connectivity index (χ1v) is 5.72. The number of carbonyl (C=O) groups excluding carboxylic acids is 1. The van der Waals surface area contributed by atoms with Gasteiger partial charge in [-0.25, -0.2) is 4.79 Å². The third-order valence-electron chi connectivity index (χ3n) is 2.45. The third kappa shape index (κ3) is 3.74. The van der Waals surface area contributed by atoms with Crippen molar-refractivity contribution in [2.24, 2.45) is 0 Å². The van der Waals surface area contributed by atoms with E-state index in [1.807, 2.05) is 12.1 Å². The van der Waals surface area contributed by atoms with Crippen molar-refractivity contribution < 1.29 is 24.2 Å². The van der Waals surface area contributed by atoms with Crippen molar-refractivity contribution in [1.82, 2.24) is 5.32 Å². The highest BCUT2D eigenvalue weighted by atomic mass is 16.6. The lowest BCUT2D eigenvalue weighted by Crippen LogP contribution is -2.40. The van der Waals surface area contributed by atoms with E-state index >= 15 is 0 Å². The molecule has 2 N–H and O–H groups in total. The first kappa shape index (κ1) is 12.9. The van der Waals surface area contributed by atoms with E-state index in [9.17, 15) is 9.59 Å². The van der Waals surface area contributed by atoms with Gasteiger partial charge < -0.3 is 19.9 Å². The van der Waals surface area contributed by atoms with Gasteiger partial charge in [-0.05, 0) is 12.1 Å². The van der Waals surface area contributed by atoms with E-state index in [0.29, 0.717) is 18.1 Å². The van der Waals surface area contributed by atoms with Crippen LogP contribution < -0.4 is 14.8 Å². The van der Waals surface area contributed by atoms with Gasteiger partial charge in [0.1, 0.15) is 12.7 Å². The second kappa shape index (κ2) is 5.90. The number of hydrogen-bond acceptors (Lipinski definition) is 4. The second-order valence-corrected chi connectivity index (χ2v) is 3.91. The summed E-state index contributed by atoms with van der Waals surface area (Å²) in [6, 6.07) is 7.27. The lowest BCUT2D eigenvalue weighted by atomic mass is 10.2. The Morgan fingerprint density at radius 1 is 1.32 bits per heavy atom. The summed E-state index contributed by atoms with van der Waals surface area (Å²) in [5.41, 5.74) is 0. The van der Waals surface area contributed by atoms with Gasteiger partial charge in [-0.1, -0.05) is 12.1 Å². The minimum Gasteiger partial charge on any atom is -0.486 e. The Balaban J connectivity index is 1.83. The molecule has 0 fully saturated rings. The molecule has 6 nitrogen and oxygen atoms in total. The predicted octanol–water partition coefficient (Wildman–Crippen LogP) is 0.583. The van der Waals surface area contributed by atoms with E-state index < -0.39 is 11.9 Å². The standard InChI is InChI=1S/C13H13NO5/c15-12(5-6-13(16)17)14-7-9-8-18-10-3-1-2-4-11(10)19-9/h1-6,9H,7-8H2,(H,14,15)(H,16,17)/b6-5-/t9-/m0/s1. The minimum atomic E-state index is -1.17. The Bertz CT molecular complexity index is 512. The van der Waals surface area contributed by atoms with Crippen LogP contribution in [0.5, 0.6) is 11.5 Å². The van der Waals surface area contributed by atoms with Crippen LogP contribution in [0.3, 0.4) is 0 Å². The van der Waals surface area contributed by atoms with Crippen LogP contribution in [0.2, 0.25) is 0 Å². The minimum absolute atomic E-state index is 0.247. The second-order valence-electron chi connectivity index (χ2n) is 3.91. The van der Waals surface area contributed by atoms with E-state index in [4.69, 9.17) is 14.6 Å². The number of ether oxygens (including phenoxy) is 2. The van der Waals surface area contributed by atoms with Crippen LogP contribution in [0.15, 0.2) is 36.4 Å². The summed E-state index contributed by atoms with van der Waals surface area (Å²) < 4.78 is 11.1. The highest BCUT2D eigenvalue weighted by Crippen LogP contribution is 2.30. The zero-order valence-electron chi connectivity index (χ0n) is 10.0. The molecule has 0 bridgehead atoms. The Morgan fingerprint density at radius 2 is 2.05 bits per heavy atom. The van der Waals surface area contributed by atoms with Gasteiger partial charge in [-0.3, -0.25) is 4.79 Å². The SMILES string of the molecule is O=C(O)/C=C\C(=O)NC[C@H]1COc2ccccc2O1. The molecule has 0 aromatic heterocycles. The molecular formula is C13H13NO5. The number of carboxylic acid groups (broad SMARTS) is 1. The van der Waals surface area contributed by atoms with Crippen LogP contribution >= 0.6 is 0 Å². The smallest absolute Gasteiger partial charge is 0.328 e. The summed E-state index contributed by atoms with van der Waals surface area (Å²) in [4.78, 5) is 21.5. The fourth-order valence-corrected chi connectivity index (χ4v) is 1.58. The molecule has 0 spiro atoms. The molecule has 1 aliphatic rings. The predicted molar refractivity (Wildman–Crippen MR) is 66.1 cm³/mol. The lowest BCUT2D eigenvalue weighted by Gasteiger charge is -2.26. The van der Waals surface area contributed by atoms with Gasteiger partial charge in [-0.15, -0.1) is 0 Å². The normalized spacial score (nSPS) is 17.2. The summed E-state index contributed by atoms with van der Waals surface area (Å²) in [5, 5.41) is 10.9. The van der Waals surface area contributed by atoms with Gasteiger partial charge in [0.15, 0.2) is 11.5 Å². The van der Waals surface area contributed by atoms with Gasteiger partial charge >= 0.3 is 5.97 Å². The van der Waals surface area contributed by atoms with E-state index in [2.05, 4.69) is 5.32 Å². The van der Waals surface area contributed by atoms with Crippen molar-refractivity contribution in [2.75, 3.05) is 13.2 Å². The number of aliphatic carboxylic acids is 1. The summed E-state index contributed by atoms with van der Waals surface area (Å²) >= 11 is 0. The number of nitrogens with one attached hydrogen (secondary N) is 1. The Morgan fingerprint density at radius 3 is 2.79 bits per heavy atom. The van der Waals surface area contributed by atoms with Crippen molar-refractivity contribution in [1.29, 1.82) is 0 Å². The van der Waals surface area contributed by atoms with Gasteiger partial charge in [0, 0.05) is 12.2 Å². The molecule has 1 atom stereocenters. The highest BCUT2D eigenvalue weighted by molar-refractivity contribution is 5.93. The summed E-state index contributed by atoms with van der Waals surface area (Å²) in [5.74, 6) is -0.337. The maximum atomic E-state index is 11.3. The quantitative estimate of drug-likeness (QED) is 0.776. The topological polar surface area (TPSA) is 84.9 Å². The third-order valence-corrected chi connectivity index (χ3v) is 2.45. The molecular weight excluding hydrogens is 250 g/mol. The number of carboxylic acids is 1. The van der Waals surface area contributed by atoms with Crippen LogP contribution in [-0.2, 0) is 9.59 Å². The number of hydrogen-bond donors (Lipinski definition) is 2. The van der Waals surface area contributed by atoms with Gasteiger partial charge in [0.25, 0.3) is 0 Å². The van der Waals surface area contributed by atoms with E-state index in [-0.39, 0.29) is 12.6 Å². The lowest BCUT2D eigenvalue weighted by molar-refractivity contribution is -0.131. The van der Waals surface area contributed by atoms with E-state index in [1.54, 1.807) is 12.1 Å². The molecule has 100 valence electrons. The first-order chi connectivity index (χ1) is 9.15. The molecule has 1 aromatic carbocycles. The molecule has 6 heteroatoms. The average molecular weight is 263 g/mol. The van der Waals surface area contributed by atoms with E-state index in [0.717, 1.165) is 12.2 Å². The number of rotatable bonds is 4. The van der Waals surface area contributed by atoms with Crippen LogP contribution in [0.25, 0.3) is 0 Å². The monoisotopic (exact) mass is 263 g/mol. The summed E-state index contributed by atoms with van der Waals surface area (Å²) in [7, 11) is 0. The van der Waals surface area contributed by atoms with Crippen molar-refractivity contribution in [3.8, 4) is 11.5 Å². The zero-order valence-corrected chi connectivity index (χ0v) is 10.0. The van der Waals surface area contributed by atoms with Crippen LogP contribution in [0, 0.1) is 0 Å². The Kier molecular flexibility index (Phi) is 4.02. The van der Waals surface area contributed by atoms with Crippen LogP contribution in [0.4, 0.5) is 0 Å². The molecule has 1 aliphatic heterocycles.